The fraction of sp³-hybridized carbons (Fsp3) is 0.500. The number of alkyl halides is 2. The predicted octanol–water partition coefficient (Wildman–Crippen LogP) is 2.59. The molecule has 4 nitrogen and oxygen atoms in total. The van der Waals surface area contributed by atoms with Crippen molar-refractivity contribution in [1.29, 1.82) is 0 Å². The molecule has 1 unspecified atom stereocenters. The van der Waals surface area contributed by atoms with Crippen LogP contribution in [0.15, 0.2) is 30.3 Å². The molecule has 1 heterocycles. The molecule has 0 amide bonds. The lowest BCUT2D eigenvalue weighted by Gasteiger charge is -2.19. The van der Waals surface area contributed by atoms with Crippen molar-refractivity contribution in [2.24, 2.45) is 0 Å². The Morgan fingerprint density at radius 2 is 2.10 bits per heavy atom. The lowest BCUT2D eigenvalue weighted by atomic mass is 10.2. The maximum atomic E-state index is 13.8. The maximum absolute atomic E-state index is 13.8. The van der Waals surface area contributed by atoms with Gasteiger partial charge in [-0.1, -0.05) is 46.3 Å². The first kappa shape index (κ1) is 15.4. The van der Waals surface area contributed by atoms with E-state index in [0.717, 1.165) is 5.56 Å². The summed E-state index contributed by atoms with van der Waals surface area (Å²) in [5.74, 6) is -0.532. The molecule has 0 radical (unpaired) electrons. The molecule has 1 aliphatic rings. The molecule has 1 aromatic carbocycles. The van der Waals surface area contributed by atoms with Crippen molar-refractivity contribution in [2.75, 3.05) is 6.61 Å². The summed E-state index contributed by atoms with van der Waals surface area (Å²) in [7, 11) is 0. The maximum Gasteiger partial charge on any atom is 0.303 e. The number of hydrogen-bond donors (Lipinski definition) is 0. The van der Waals surface area contributed by atoms with E-state index in [9.17, 15) is 9.18 Å². The minimum absolute atomic E-state index is 0.162. The number of hydrogen-bond acceptors (Lipinski definition) is 4. The van der Waals surface area contributed by atoms with E-state index in [-0.39, 0.29) is 6.61 Å². The van der Waals surface area contributed by atoms with Crippen LogP contribution in [0.1, 0.15) is 12.5 Å². The summed E-state index contributed by atoms with van der Waals surface area (Å²) in [6.45, 7) is 1.81. The quantitative estimate of drug-likeness (QED) is 0.607. The first-order valence-corrected chi connectivity index (χ1v) is 7.22. The van der Waals surface area contributed by atoms with Gasteiger partial charge in [-0.2, -0.15) is 0 Å². The first-order valence-electron chi connectivity index (χ1n) is 6.30. The molecular formula is C14H16BrFO4. The van der Waals surface area contributed by atoms with Gasteiger partial charge in [0, 0.05) is 6.92 Å². The molecule has 0 bridgehead atoms. The fourth-order valence-corrected chi connectivity index (χ4v) is 2.59. The van der Waals surface area contributed by atoms with E-state index < -0.39 is 29.4 Å². The highest BCUT2D eigenvalue weighted by Gasteiger charge is 2.46. The standard InChI is InChI=1S/C14H16BrFO4/c1-9(17)19-13-11(20-14(15)12(13)16)8-18-7-10-5-3-2-4-6-10/h2-6,11-14H,7-8H2,1H3/t11-,12+,13-,14?/m1/s1. The third kappa shape index (κ3) is 4.01. The van der Waals surface area contributed by atoms with Gasteiger partial charge >= 0.3 is 5.97 Å². The van der Waals surface area contributed by atoms with Gasteiger partial charge in [0.25, 0.3) is 0 Å². The lowest BCUT2D eigenvalue weighted by Crippen LogP contribution is -2.35. The van der Waals surface area contributed by atoms with Crippen LogP contribution in [0.4, 0.5) is 4.39 Å². The van der Waals surface area contributed by atoms with Gasteiger partial charge in [-0.15, -0.1) is 0 Å². The summed E-state index contributed by atoms with van der Waals surface area (Å²) in [5, 5.41) is -0.780. The number of halogens is 2. The number of esters is 1. The Balaban J connectivity index is 1.85. The molecule has 1 fully saturated rings. The van der Waals surface area contributed by atoms with Gasteiger partial charge in [-0.25, -0.2) is 4.39 Å². The van der Waals surface area contributed by atoms with E-state index in [1.54, 1.807) is 0 Å². The highest BCUT2D eigenvalue weighted by molar-refractivity contribution is 9.09. The van der Waals surface area contributed by atoms with Gasteiger partial charge in [0.2, 0.25) is 0 Å². The van der Waals surface area contributed by atoms with Gasteiger partial charge in [0.15, 0.2) is 12.3 Å². The van der Waals surface area contributed by atoms with Crippen LogP contribution in [0.3, 0.4) is 0 Å². The monoisotopic (exact) mass is 346 g/mol. The van der Waals surface area contributed by atoms with Gasteiger partial charge in [-0.3, -0.25) is 4.79 Å². The Labute approximate surface area is 125 Å². The molecule has 110 valence electrons. The molecule has 2 rings (SSSR count). The average molecular weight is 347 g/mol. The number of carbonyl (C=O) groups is 1. The molecule has 6 heteroatoms. The predicted molar refractivity (Wildman–Crippen MR) is 74.1 cm³/mol. The van der Waals surface area contributed by atoms with Gasteiger partial charge in [-0.05, 0) is 5.56 Å². The number of benzene rings is 1. The van der Waals surface area contributed by atoms with E-state index >= 15 is 0 Å². The third-order valence-corrected chi connectivity index (χ3v) is 3.65. The Kier molecular flexibility index (Phi) is 5.51. The summed E-state index contributed by atoms with van der Waals surface area (Å²) >= 11 is 3.07. The fourth-order valence-electron chi connectivity index (χ4n) is 2.01. The summed E-state index contributed by atoms with van der Waals surface area (Å²) < 4.78 is 29.7. The van der Waals surface area contributed by atoms with Crippen LogP contribution in [0.5, 0.6) is 0 Å². The summed E-state index contributed by atoms with van der Waals surface area (Å²) in [6, 6.07) is 9.62. The van der Waals surface area contributed by atoms with Gasteiger partial charge < -0.3 is 14.2 Å². The number of carbonyl (C=O) groups excluding carboxylic acids is 1. The number of rotatable bonds is 5. The largest absolute Gasteiger partial charge is 0.456 e. The van der Waals surface area contributed by atoms with Gasteiger partial charge in [0.1, 0.15) is 11.1 Å². The lowest BCUT2D eigenvalue weighted by molar-refractivity contribution is -0.153. The summed E-state index contributed by atoms with van der Waals surface area (Å²) in [5.41, 5.74) is 1.02. The van der Waals surface area contributed by atoms with E-state index in [4.69, 9.17) is 14.2 Å². The zero-order chi connectivity index (χ0) is 14.5. The Morgan fingerprint density at radius 1 is 1.40 bits per heavy atom. The molecule has 1 aromatic rings. The van der Waals surface area contributed by atoms with E-state index in [1.165, 1.54) is 6.92 Å². The summed E-state index contributed by atoms with van der Waals surface area (Å²) in [4.78, 5) is 11.0. The molecule has 4 atom stereocenters. The molecule has 0 spiro atoms. The molecule has 1 saturated heterocycles. The highest BCUT2D eigenvalue weighted by atomic mass is 79.9. The van der Waals surface area contributed by atoms with Crippen LogP contribution in [-0.4, -0.2) is 36.0 Å². The molecule has 0 N–H and O–H groups in total. The second-order valence-corrected chi connectivity index (χ2v) is 5.45. The van der Waals surface area contributed by atoms with Crippen molar-refractivity contribution in [1.82, 2.24) is 0 Å². The molecule has 1 aliphatic heterocycles. The van der Waals surface area contributed by atoms with Crippen LogP contribution in [0, 0.1) is 0 Å². The third-order valence-electron chi connectivity index (χ3n) is 2.93. The second-order valence-electron chi connectivity index (χ2n) is 4.54. The van der Waals surface area contributed by atoms with Crippen molar-refractivity contribution in [3.63, 3.8) is 0 Å². The van der Waals surface area contributed by atoms with Gasteiger partial charge in [0.05, 0.1) is 13.2 Å². The molecule has 0 saturated carbocycles. The Morgan fingerprint density at radius 3 is 2.75 bits per heavy atom. The summed E-state index contributed by atoms with van der Waals surface area (Å²) in [6.07, 6.45) is -2.95. The normalized spacial score (nSPS) is 29.4. The van der Waals surface area contributed by atoms with Crippen molar-refractivity contribution >= 4 is 21.9 Å². The first-order chi connectivity index (χ1) is 9.58. The van der Waals surface area contributed by atoms with Crippen LogP contribution < -0.4 is 0 Å². The van der Waals surface area contributed by atoms with E-state index in [0.29, 0.717) is 6.61 Å². The number of ether oxygens (including phenoxy) is 3. The van der Waals surface area contributed by atoms with Crippen molar-refractivity contribution in [3.8, 4) is 0 Å². The highest BCUT2D eigenvalue weighted by Crippen LogP contribution is 2.30. The molecule has 0 aliphatic carbocycles. The van der Waals surface area contributed by atoms with Crippen LogP contribution in [-0.2, 0) is 25.6 Å². The zero-order valence-electron chi connectivity index (χ0n) is 11.0. The van der Waals surface area contributed by atoms with Crippen molar-refractivity contribution < 1.29 is 23.4 Å². The minimum Gasteiger partial charge on any atom is -0.456 e. The zero-order valence-corrected chi connectivity index (χ0v) is 12.6. The van der Waals surface area contributed by atoms with Crippen LogP contribution in [0.25, 0.3) is 0 Å². The Bertz CT molecular complexity index is 442. The SMILES string of the molecule is CC(=O)O[C@H]1[C@H](F)C(Br)O[C@@H]1COCc1ccccc1. The molecule has 0 aromatic heterocycles. The van der Waals surface area contributed by atoms with E-state index in [2.05, 4.69) is 15.9 Å². The minimum atomic E-state index is -1.40. The topological polar surface area (TPSA) is 44.8 Å². The molecule has 20 heavy (non-hydrogen) atoms. The van der Waals surface area contributed by atoms with Crippen molar-refractivity contribution in [2.45, 2.75) is 36.9 Å². The second kappa shape index (κ2) is 7.15. The van der Waals surface area contributed by atoms with Crippen LogP contribution >= 0.6 is 15.9 Å². The van der Waals surface area contributed by atoms with E-state index in [1.807, 2.05) is 30.3 Å². The van der Waals surface area contributed by atoms with Crippen LogP contribution in [0.2, 0.25) is 0 Å². The van der Waals surface area contributed by atoms with Crippen molar-refractivity contribution in [3.05, 3.63) is 35.9 Å². The smallest absolute Gasteiger partial charge is 0.303 e. The molecular weight excluding hydrogens is 331 g/mol. The Hall–Kier alpha value is -0.980. The average Bonchev–Trinajstić information content (AvgIpc) is 2.67.